The largest absolute Gasteiger partial charge is 0.494 e. The van der Waals surface area contributed by atoms with Crippen molar-refractivity contribution < 1.29 is 20.1 Å². The lowest BCUT2D eigenvalue weighted by molar-refractivity contribution is -0.106. The van der Waals surface area contributed by atoms with Crippen molar-refractivity contribution in [1.29, 1.82) is 5.26 Å². The molecule has 0 aliphatic carbocycles. The summed E-state index contributed by atoms with van der Waals surface area (Å²) in [4.78, 5) is 0. The van der Waals surface area contributed by atoms with Gasteiger partial charge in [-0.05, 0) is 31.2 Å². The van der Waals surface area contributed by atoms with Crippen molar-refractivity contribution in [3.05, 3.63) is 77.4 Å². The predicted molar refractivity (Wildman–Crippen MR) is 134 cm³/mol. The van der Waals surface area contributed by atoms with Crippen LogP contribution in [-0.4, -0.2) is 41.0 Å². The van der Waals surface area contributed by atoms with Gasteiger partial charge in [0.05, 0.1) is 40.1 Å². The van der Waals surface area contributed by atoms with Gasteiger partial charge in [-0.25, -0.2) is 4.68 Å². The Labute approximate surface area is 211 Å². The summed E-state index contributed by atoms with van der Waals surface area (Å²) >= 11 is 0. The molecule has 9 heteroatoms. The van der Waals surface area contributed by atoms with E-state index in [1.165, 1.54) is 4.57 Å². The number of aryl methyl sites for hydroxylation is 1. The molecule has 37 heavy (non-hydrogen) atoms. The van der Waals surface area contributed by atoms with Crippen LogP contribution in [-0.2, 0) is 22.5 Å². The highest BCUT2D eigenvalue weighted by molar-refractivity contribution is 5.95. The van der Waals surface area contributed by atoms with E-state index in [0.29, 0.717) is 46.1 Å². The number of nitriles is 1. The number of fused-ring (bicyclic) bond motifs is 7. The third-order valence-electron chi connectivity index (χ3n) is 8.05. The Morgan fingerprint density at radius 3 is 2.57 bits per heavy atom. The number of ether oxygens (including phenoxy) is 1. The molecule has 3 aromatic carbocycles. The fraction of sp³-hybridized carbons (Fsp3) is 0.250. The Bertz CT molecular complexity index is 1780. The zero-order chi connectivity index (χ0) is 25.5. The maximum atomic E-state index is 11.6. The highest BCUT2D eigenvalue weighted by atomic mass is 16.6. The van der Waals surface area contributed by atoms with Gasteiger partial charge >= 0.3 is 0 Å². The van der Waals surface area contributed by atoms with Crippen LogP contribution >= 0.6 is 0 Å². The van der Waals surface area contributed by atoms with Gasteiger partial charge in [0.1, 0.15) is 16.7 Å². The second-order valence-corrected chi connectivity index (χ2v) is 10.00. The SMILES string of the molecule is C[C@]12O[C@](CCn3nnc4ccccc43)(C[C@@H]1O)c1c2c(O)n(-c2ccc(C#N)c3ccccc23)c1O. The topological polar surface area (TPSA) is 129 Å². The number of benzene rings is 3. The van der Waals surface area contributed by atoms with Gasteiger partial charge in [0.2, 0.25) is 11.8 Å². The highest BCUT2D eigenvalue weighted by Gasteiger charge is 2.66. The second-order valence-electron chi connectivity index (χ2n) is 10.00. The molecule has 0 amide bonds. The smallest absolute Gasteiger partial charge is 0.205 e. The number of hydrogen-bond donors (Lipinski definition) is 3. The molecule has 2 bridgehead atoms. The van der Waals surface area contributed by atoms with E-state index in [-0.39, 0.29) is 18.2 Å². The number of aromatic hydroxyl groups is 2. The molecule has 1 fully saturated rings. The Morgan fingerprint density at radius 2 is 1.76 bits per heavy atom. The zero-order valence-electron chi connectivity index (χ0n) is 20.0. The van der Waals surface area contributed by atoms with Gasteiger partial charge in [0, 0.05) is 30.2 Å². The molecule has 5 aromatic rings. The molecule has 9 nitrogen and oxygen atoms in total. The van der Waals surface area contributed by atoms with Gasteiger partial charge in [-0.1, -0.05) is 41.6 Å². The first-order valence-electron chi connectivity index (χ1n) is 12.1. The van der Waals surface area contributed by atoms with Crippen LogP contribution < -0.4 is 0 Å². The van der Waals surface area contributed by atoms with Crippen LogP contribution in [0.2, 0.25) is 0 Å². The molecule has 7 rings (SSSR count). The van der Waals surface area contributed by atoms with Crippen molar-refractivity contribution in [1.82, 2.24) is 19.6 Å². The Morgan fingerprint density at radius 1 is 1.03 bits per heavy atom. The van der Waals surface area contributed by atoms with Crippen LogP contribution in [0.1, 0.15) is 36.5 Å². The van der Waals surface area contributed by atoms with Crippen molar-refractivity contribution in [2.45, 2.75) is 43.6 Å². The monoisotopic (exact) mass is 493 g/mol. The summed E-state index contributed by atoms with van der Waals surface area (Å²) in [6.45, 7) is 2.18. The number of hydrogen-bond acceptors (Lipinski definition) is 7. The van der Waals surface area contributed by atoms with Crippen LogP contribution in [0.25, 0.3) is 27.5 Å². The van der Waals surface area contributed by atoms with Crippen molar-refractivity contribution in [3.63, 3.8) is 0 Å². The average Bonchev–Trinajstić information content (AvgIpc) is 3.59. The van der Waals surface area contributed by atoms with Crippen LogP contribution in [0.3, 0.4) is 0 Å². The lowest BCUT2D eigenvalue weighted by Gasteiger charge is -2.26. The average molecular weight is 494 g/mol. The van der Waals surface area contributed by atoms with Gasteiger partial charge in [-0.15, -0.1) is 5.10 Å². The maximum Gasteiger partial charge on any atom is 0.205 e. The molecule has 0 spiro atoms. The van der Waals surface area contributed by atoms with Gasteiger partial charge in [0.15, 0.2) is 0 Å². The number of aromatic nitrogens is 4. The summed E-state index contributed by atoms with van der Waals surface area (Å²) in [5, 5.41) is 53.7. The van der Waals surface area contributed by atoms with Gasteiger partial charge in [-0.2, -0.15) is 5.26 Å². The first kappa shape index (κ1) is 21.9. The van der Waals surface area contributed by atoms with E-state index in [1.54, 1.807) is 23.7 Å². The third-order valence-corrected chi connectivity index (χ3v) is 8.05. The van der Waals surface area contributed by atoms with Crippen molar-refractivity contribution in [3.8, 4) is 23.5 Å². The van der Waals surface area contributed by atoms with Crippen LogP contribution in [0.4, 0.5) is 0 Å². The number of rotatable bonds is 4. The lowest BCUT2D eigenvalue weighted by atomic mass is 9.76. The maximum absolute atomic E-state index is 11.6. The van der Waals surface area contributed by atoms with E-state index in [4.69, 9.17) is 4.74 Å². The summed E-state index contributed by atoms with van der Waals surface area (Å²) < 4.78 is 9.65. The summed E-state index contributed by atoms with van der Waals surface area (Å²) in [6.07, 6.45) is -0.189. The zero-order valence-corrected chi connectivity index (χ0v) is 20.0. The van der Waals surface area contributed by atoms with Gasteiger partial charge in [-0.3, -0.25) is 4.57 Å². The number of para-hydroxylation sites is 1. The molecule has 2 aliphatic rings. The minimum Gasteiger partial charge on any atom is -0.494 e. The summed E-state index contributed by atoms with van der Waals surface area (Å²) in [5.74, 6) is -0.321. The first-order valence-corrected chi connectivity index (χ1v) is 12.1. The fourth-order valence-electron chi connectivity index (χ4n) is 6.29. The third kappa shape index (κ3) is 2.74. The molecule has 0 saturated carbocycles. The molecule has 0 radical (unpaired) electrons. The first-order chi connectivity index (χ1) is 17.9. The van der Waals surface area contributed by atoms with E-state index in [0.717, 1.165) is 11.0 Å². The fourth-order valence-corrected chi connectivity index (χ4v) is 6.29. The molecule has 3 atom stereocenters. The lowest BCUT2D eigenvalue weighted by Crippen LogP contribution is -2.33. The number of nitrogens with zero attached hydrogens (tertiary/aromatic N) is 5. The van der Waals surface area contributed by atoms with Crippen molar-refractivity contribution in [2.24, 2.45) is 0 Å². The minimum absolute atomic E-state index is 0.138. The molecule has 184 valence electrons. The Kier molecular flexibility index (Phi) is 4.32. The Balaban J connectivity index is 1.39. The molecule has 2 aromatic heterocycles. The second kappa shape index (κ2) is 7.32. The molecule has 3 N–H and O–H groups in total. The summed E-state index contributed by atoms with van der Waals surface area (Å²) in [6, 6.07) is 20.6. The standard InChI is InChI=1S/C28H23N5O4/c1-27-22(34)14-28(37-27,12-13-32-21-9-5-4-8-19(21)30-31-32)24-23(27)25(35)33(26(24)36)20-11-10-16(15-29)17-6-2-3-7-18(17)20/h2-11,22,34-36H,12-14H2,1H3/t22-,27-,28+/m0/s1. The quantitative estimate of drug-likeness (QED) is 0.346. The van der Waals surface area contributed by atoms with Crippen molar-refractivity contribution >= 4 is 21.8 Å². The van der Waals surface area contributed by atoms with Crippen molar-refractivity contribution in [2.75, 3.05) is 0 Å². The Hall–Kier alpha value is -4.39. The molecular formula is C28H23N5O4. The molecule has 4 heterocycles. The predicted octanol–water partition coefficient (Wildman–Crippen LogP) is 3.95. The number of aliphatic hydroxyl groups excluding tert-OH is 1. The molecule has 0 unspecified atom stereocenters. The molecule has 1 saturated heterocycles. The number of aliphatic hydroxyl groups is 1. The van der Waals surface area contributed by atoms with Crippen LogP contribution in [0, 0.1) is 11.3 Å². The summed E-state index contributed by atoms with van der Waals surface area (Å²) in [7, 11) is 0. The normalized spacial score (nSPS) is 24.1. The molecular weight excluding hydrogens is 470 g/mol. The van der Waals surface area contributed by atoms with E-state index in [9.17, 15) is 20.6 Å². The van der Waals surface area contributed by atoms with Crippen LogP contribution in [0.15, 0.2) is 60.7 Å². The summed E-state index contributed by atoms with van der Waals surface area (Å²) in [5.41, 5.74) is 1.36. The van der Waals surface area contributed by atoms with E-state index < -0.39 is 17.3 Å². The van der Waals surface area contributed by atoms with E-state index >= 15 is 0 Å². The highest BCUT2D eigenvalue weighted by Crippen LogP contribution is 2.65. The van der Waals surface area contributed by atoms with Crippen LogP contribution in [0.5, 0.6) is 11.8 Å². The van der Waals surface area contributed by atoms with Gasteiger partial charge < -0.3 is 20.1 Å². The van der Waals surface area contributed by atoms with E-state index in [1.807, 2.05) is 48.5 Å². The molecule has 2 aliphatic heterocycles. The van der Waals surface area contributed by atoms with Gasteiger partial charge in [0.25, 0.3) is 0 Å². The van der Waals surface area contributed by atoms with E-state index in [2.05, 4.69) is 16.4 Å². The minimum atomic E-state index is -1.19.